The lowest BCUT2D eigenvalue weighted by Gasteiger charge is -2.30. The molecule has 2 atom stereocenters. The van der Waals surface area contributed by atoms with Crippen LogP contribution in [0.15, 0.2) is 11.2 Å². The molecular weight excluding hydrogens is 256 g/mol. The molecule has 0 spiro atoms. The third kappa shape index (κ3) is 3.37. The molecule has 6 nitrogen and oxygen atoms in total. The van der Waals surface area contributed by atoms with Crippen LogP contribution in [0.1, 0.15) is 50.4 Å². The first-order chi connectivity index (χ1) is 9.63. The second kappa shape index (κ2) is 6.54. The van der Waals surface area contributed by atoms with Gasteiger partial charge in [-0.1, -0.05) is 18.5 Å². The van der Waals surface area contributed by atoms with Gasteiger partial charge in [-0.15, -0.1) is 0 Å². The minimum absolute atomic E-state index is 0.0314. The van der Waals surface area contributed by atoms with Gasteiger partial charge in [-0.3, -0.25) is 0 Å². The smallest absolute Gasteiger partial charge is 0.317 e. The van der Waals surface area contributed by atoms with Gasteiger partial charge in [-0.2, -0.15) is 4.98 Å². The van der Waals surface area contributed by atoms with E-state index < -0.39 is 0 Å². The maximum atomic E-state index is 8.73. The molecule has 2 rings (SSSR count). The van der Waals surface area contributed by atoms with E-state index in [0.29, 0.717) is 17.6 Å². The van der Waals surface area contributed by atoms with Crippen molar-refractivity contribution in [3.05, 3.63) is 17.5 Å². The van der Waals surface area contributed by atoms with E-state index in [-0.39, 0.29) is 11.9 Å². The summed E-state index contributed by atoms with van der Waals surface area (Å²) in [6.45, 7) is 4.02. The Labute approximate surface area is 119 Å². The fourth-order valence-corrected chi connectivity index (χ4v) is 2.71. The average molecular weight is 278 g/mol. The van der Waals surface area contributed by atoms with Gasteiger partial charge in [-0.05, 0) is 44.6 Å². The zero-order valence-corrected chi connectivity index (χ0v) is 12.0. The summed E-state index contributed by atoms with van der Waals surface area (Å²) in [4.78, 5) is 8.51. The van der Waals surface area contributed by atoms with Crippen molar-refractivity contribution >= 4 is 5.84 Å². The summed E-state index contributed by atoms with van der Waals surface area (Å²) in [5, 5.41) is 11.7. The third-order valence-electron chi connectivity index (χ3n) is 3.82. The normalized spacial score (nSPS) is 23.6. The molecule has 1 fully saturated rings. The van der Waals surface area contributed by atoms with Gasteiger partial charge in [0.2, 0.25) is 0 Å². The van der Waals surface area contributed by atoms with Crippen LogP contribution in [0, 0.1) is 12.8 Å². The predicted octanol–water partition coefficient (Wildman–Crippen LogP) is 2.23. The zero-order valence-electron chi connectivity index (χ0n) is 12.0. The standard InChI is InChI=1S/C14H22N4O2/c1-3-10-6-4-5-7-12(10)20-14-16-9(2)8-11(17-14)13(15)18-19/h8,10,12,19H,3-7H2,1-2H3,(H2,15,18). The van der Waals surface area contributed by atoms with Gasteiger partial charge in [0.1, 0.15) is 11.8 Å². The summed E-state index contributed by atoms with van der Waals surface area (Å²) in [5.41, 5.74) is 6.70. The van der Waals surface area contributed by atoms with Crippen molar-refractivity contribution in [2.75, 3.05) is 0 Å². The summed E-state index contributed by atoms with van der Waals surface area (Å²) in [5.74, 6) is 0.524. The second-order valence-electron chi connectivity index (χ2n) is 5.27. The monoisotopic (exact) mass is 278 g/mol. The minimum atomic E-state index is -0.0314. The van der Waals surface area contributed by atoms with Crippen LogP contribution < -0.4 is 10.5 Å². The molecule has 0 saturated heterocycles. The molecule has 0 aromatic carbocycles. The van der Waals surface area contributed by atoms with Gasteiger partial charge < -0.3 is 15.7 Å². The lowest BCUT2D eigenvalue weighted by molar-refractivity contribution is 0.0807. The summed E-state index contributed by atoms with van der Waals surface area (Å²) < 4.78 is 5.96. The van der Waals surface area contributed by atoms with Crippen molar-refractivity contribution in [3.63, 3.8) is 0 Å². The highest BCUT2D eigenvalue weighted by atomic mass is 16.5. The number of ether oxygens (including phenoxy) is 1. The van der Waals surface area contributed by atoms with Crippen LogP contribution in [0.4, 0.5) is 0 Å². The fourth-order valence-electron chi connectivity index (χ4n) is 2.71. The van der Waals surface area contributed by atoms with Crippen LogP contribution in [0.5, 0.6) is 6.01 Å². The number of nitrogens with two attached hydrogens (primary N) is 1. The highest BCUT2D eigenvalue weighted by Crippen LogP contribution is 2.29. The van der Waals surface area contributed by atoms with Gasteiger partial charge in [0, 0.05) is 5.69 Å². The Kier molecular flexibility index (Phi) is 4.76. The molecule has 1 aromatic heterocycles. The molecule has 20 heavy (non-hydrogen) atoms. The topological polar surface area (TPSA) is 93.6 Å². The Morgan fingerprint density at radius 1 is 1.45 bits per heavy atom. The maximum absolute atomic E-state index is 8.73. The molecule has 1 aromatic rings. The van der Waals surface area contributed by atoms with Gasteiger partial charge >= 0.3 is 6.01 Å². The molecule has 0 radical (unpaired) electrons. The Hall–Kier alpha value is -1.85. The zero-order chi connectivity index (χ0) is 14.5. The molecule has 1 aliphatic rings. The van der Waals surface area contributed by atoms with E-state index in [1.54, 1.807) is 6.07 Å². The summed E-state index contributed by atoms with van der Waals surface area (Å²) in [7, 11) is 0. The first-order valence-electron chi connectivity index (χ1n) is 7.14. The SMILES string of the molecule is CCC1CCCCC1Oc1nc(C)cc(/C(N)=N/O)n1. The quantitative estimate of drug-likeness (QED) is 0.381. The van der Waals surface area contributed by atoms with Crippen molar-refractivity contribution in [2.45, 2.75) is 52.1 Å². The van der Waals surface area contributed by atoms with Crippen molar-refractivity contribution < 1.29 is 9.94 Å². The molecule has 0 aliphatic heterocycles. The number of rotatable bonds is 4. The highest BCUT2D eigenvalue weighted by Gasteiger charge is 2.26. The van der Waals surface area contributed by atoms with Crippen LogP contribution >= 0.6 is 0 Å². The molecule has 2 unspecified atom stereocenters. The van der Waals surface area contributed by atoms with Crippen LogP contribution in [0.3, 0.4) is 0 Å². The molecule has 0 bridgehead atoms. The molecule has 1 saturated carbocycles. The number of aryl methyl sites for hydroxylation is 1. The Bertz CT molecular complexity index is 490. The lowest BCUT2D eigenvalue weighted by Crippen LogP contribution is -2.31. The largest absolute Gasteiger partial charge is 0.460 e. The Balaban J connectivity index is 2.18. The first kappa shape index (κ1) is 14.6. The molecule has 3 N–H and O–H groups in total. The van der Waals surface area contributed by atoms with Crippen LogP contribution in [0.2, 0.25) is 0 Å². The van der Waals surface area contributed by atoms with Crippen molar-refractivity contribution in [1.82, 2.24) is 9.97 Å². The van der Waals surface area contributed by atoms with Crippen LogP contribution in [-0.2, 0) is 0 Å². The van der Waals surface area contributed by atoms with E-state index in [9.17, 15) is 0 Å². The number of oxime groups is 1. The van der Waals surface area contributed by atoms with Gasteiger partial charge in [0.25, 0.3) is 0 Å². The number of amidine groups is 1. The van der Waals surface area contributed by atoms with Gasteiger partial charge in [0.05, 0.1) is 0 Å². The third-order valence-corrected chi connectivity index (χ3v) is 3.82. The Morgan fingerprint density at radius 2 is 2.20 bits per heavy atom. The first-order valence-corrected chi connectivity index (χ1v) is 7.14. The second-order valence-corrected chi connectivity index (χ2v) is 5.27. The summed E-state index contributed by atoms with van der Waals surface area (Å²) in [6, 6.07) is 1.98. The van der Waals surface area contributed by atoms with E-state index in [4.69, 9.17) is 15.7 Å². The lowest BCUT2D eigenvalue weighted by atomic mass is 9.85. The van der Waals surface area contributed by atoms with Crippen molar-refractivity contribution in [2.24, 2.45) is 16.8 Å². The molecule has 110 valence electrons. The molecule has 1 aliphatic carbocycles. The fraction of sp³-hybridized carbons (Fsp3) is 0.643. The summed E-state index contributed by atoms with van der Waals surface area (Å²) in [6.07, 6.45) is 5.94. The number of aromatic nitrogens is 2. The number of hydrogen-bond acceptors (Lipinski definition) is 5. The number of nitrogens with zero attached hydrogens (tertiary/aromatic N) is 3. The van der Waals surface area contributed by atoms with Gasteiger partial charge in [0.15, 0.2) is 5.84 Å². The Morgan fingerprint density at radius 3 is 2.90 bits per heavy atom. The van der Waals surface area contributed by atoms with Crippen molar-refractivity contribution in [3.8, 4) is 6.01 Å². The molecule has 1 heterocycles. The van der Waals surface area contributed by atoms with Crippen LogP contribution in [0.25, 0.3) is 0 Å². The van der Waals surface area contributed by atoms with E-state index in [1.165, 1.54) is 19.3 Å². The van der Waals surface area contributed by atoms with Gasteiger partial charge in [-0.25, -0.2) is 4.98 Å². The van der Waals surface area contributed by atoms with E-state index in [1.807, 2.05) is 6.92 Å². The maximum Gasteiger partial charge on any atom is 0.317 e. The van der Waals surface area contributed by atoms with E-state index in [0.717, 1.165) is 18.5 Å². The average Bonchev–Trinajstić information content (AvgIpc) is 2.46. The van der Waals surface area contributed by atoms with E-state index >= 15 is 0 Å². The predicted molar refractivity (Wildman–Crippen MR) is 75.9 cm³/mol. The molecular formula is C14H22N4O2. The summed E-state index contributed by atoms with van der Waals surface area (Å²) >= 11 is 0. The molecule has 6 heteroatoms. The number of hydrogen-bond donors (Lipinski definition) is 2. The van der Waals surface area contributed by atoms with Crippen LogP contribution in [-0.4, -0.2) is 27.1 Å². The van der Waals surface area contributed by atoms with Crippen molar-refractivity contribution in [1.29, 1.82) is 0 Å². The molecule has 0 amide bonds. The minimum Gasteiger partial charge on any atom is -0.460 e. The van der Waals surface area contributed by atoms with E-state index in [2.05, 4.69) is 22.0 Å². The highest BCUT2D eigenvalue weighted by molar-refractivity contribution is 5.95.